The third kappa shape index (κ3) is 3.54. The number of para-hydroxylation sites is 1. The van der Waals surface area contributed by atoms with Crippen molar-refractivity contribution in [3.8, 4) is 17.2 Å². The number of aromatic nitrogens is 5. The Hall–Kier alpha value is -3.75. The van der Waals surface area contributed by atoms with Gasteiger partial charge < -0.3 is 14.6 Å². The van der Waals surface area contributed by atoms with Gasteiger partial charge in [0, 0.05) is 12.1 Å². The van der Waals surface area contributed by atoms with E-state index < -0.39 is 0 Å². The maximum atomic E-state index is 12.5. The summed E-state index contributed by atoms with van der Waals surface area (Å²) in [5.74, 6) is 2.01. The molecule has 0 unspecified atom stereocenters. The predicted molar refractivity (Wildman–Crippen MR) is 105 cm³/mol. The molecule has 0 saturated carbocycles. The number of carbonyl (C=O) groups excluding carboxylic acids is 1. The van der Waals surface area contributed by atoms with Crippen molar-refractivity contribution in [2.75, 3.05) is 7.11 Å². The van der Waals surface area contributed by atoms with Crippen LogP contribution in [-0.2, 0) is 6.54 Å². The molecule has 29 heavy (non-hydrogen) atoms. The lowest BCUT2D eigenvalue weighted by Crippen LogP contribution is -2.24. The van der Waals surface area contributed by atoms with Crippen LogP contribution in [0.1, 0.15) is 41.8 Å². The number of fused-ring (bicyclic) bond motifs is 1. The number of nitrogens with one attached hydrogen (secondary N) is 1. The first kappa shape index (κ1) is 18.6. The van der Waals surface area contributed by atoms with Crippen LogP contribution in [-0.4, -0.2) is 37.8 Å². The summed E-state index contributed by atoms with van der Waals surface area (Å²) in [4.78, 5) is 17.0. The minimum absolute atomic E-state index is 0.158. The Kier molecular flexibility index (Phi) is 4.94. The van der Waals surface area contributed by atoms with Gasteiger partial charge in [-0.25, -0.2) is 0 Å². The quantitative estimate of drug-likeness (QED) is 0.537. The predicted octanol–water partition coefficient (Wildman–Crippen LogP) is 2.84. The van der Waals surface area contributed by atoms with E-state index >= 15 is 0 Å². The van der Waals surface area contributed by atoms with Crippen molar-refractivity contribution in [1.29, 1.82) is 0 Å². The molecule has 148 valence electrons. The number of methoxy groups -OCH3 is 1. The highest BCUT2D eigenvalue weighted by Crippen LogP contribution is 2.24. The molecule has 0 aliphatic heterocycles. The fraction of sp³-hybridized carbons (Fsp3) is 0.250. The maximum absolute atomic E-state index is 12.5. The lowest BCUT2D eigenvalue weighted by Gasteiger charge is -2.08. The number of pyridine rings is 1. The van der Waals surface area contributed by atoms with Crippen LogP contribution < -0.4 is 10.1 Å². The van der Waals surface area contributed by atoms with Crippen LogP contribution in [0.5, 0.6) is 5.75 Å². The number of benzene rings is 1. The minimum atomic E-state index is -0.256. The van der Waals surface area contributed by atoms with Gasteiger partial charge >= 0.3 is 0 Å². The molecule has 3 heterocycles. The van der Waals surface area contributed by atoms with Gasteiger partial charge in [0.25, 0.3) is 11.8 Å². The Morgan fingerprint density at radius 1 is 1.21 bits per heavy atom. The first-order valence-corrected chi connectivity index (χ1v) is 9.16. The number of nitrogens with zero attached hydrogens (tertiary/aromatic N) is 5. The van der Waals surface area contributed by atoms with E-state index in [1.54, 1.807) is 22.6 Å². The monoisotopic (exact) mass is 392 g/mol. The van der Waals surface area contributed by atoms with Crippen LogP contribution in [0.25, 0.3) is 17.1 Å². The molecule has 1 aromatic carbocycles. The third-order valence-corrected chi connectivity index (χ3v) is 4.45. The lowest BCUT2D eigenvalue weighted by molar-refractivity contribution is 0.0946. The van der Waals surface area contributed by atoms with Gasteiger partial charge in [-0.2, -0.15) is 4.98 Å². The number of rotatable bonds is 6. The van der Waals surface area contributed by atoms with E-state index in [0.717, 1.165) is 0 Å². The molecule has 0 fully saturated rings. The largest absolute Gasteiger partial charge is 0.496 e. The summed E-state index contributed by atoms with van der Waals surface area (Å²) in [6, 6.07) is 10.7. The Morgan fingerprint density at radius 3 is 2.79 bits per heavy atom. The van der Waals surface area contributed by atoms with Crippen LogP contribution >= 0.6 is 0 Å². The summed E-state index contributed by atoms with van der Waals surface area (Å²) in [6.07, 6.45) is 1.82. The van der Waals surface area contributed by atoms with Gasteiger partial charge in [-0.05, 0) is 24.3 Å². The first-order valence-electron chi connectivity index (χ1n) is 9.16. The zero-order chi connectivity index (χ0) is 20.4. The third-order valence-electron chi connectivity index (χ3n) is 4.45. The van der Waals surface area contributed by atoms with Gasteiger partial charge in [-0.3, -0.25) is 9.20 Å². The molecule has 0 atom stereocenters. The average Bonchev–Trinajstić information content (AvgIpc) is 3.39. The lowest BCUT2D eigenvalue weighted by atomic mass is 10.2. The van der Waals surface area contributed by atoms with Crippen molar-refractivity contribution in [2.24, 2.45) is 0 Å². The molecule has 0 aliphatic rings. The Morgan fingerprint density at radius 2 is 2.03 bits per heavy atom. The van der Waals surface area contributed by atoms with Gasteiger partial charge in [0.05, 0.1) is 24.8 Å². The molecule has 1 N–H and O–H groups in total. The van der Waals surface area contributed by atoms with E-state index in [2.05, 4.69) is 25.7 Å². The summed E-state index contributed by atoms with van der Waals surface area (Å²) in [5.41, 5.74) is 1.71. The maximum Gasteiger partial charge on any atom is 0.261 e. The SMILES string of the molecule is COc1ccccc1C(=O)NCc1nnc2c(-c3nc(C(C)C)no3)cccn12. The van der Waals surface area contributed by atoms with Crippen LogP contribution in [0.4, 0.5) is 0 Å². The number of ether oxygens (including phenoxy) is 1. The molecule has 0 saturated heterocycles. The average molecular weight is 392 g/mol. The van der Waals surface area contributed by atoms with Crippen molar-refractivity contribution < 1.29 is 14.1 Å². The van der Waals surface area contributed by atoms with Gasteiger partial charge in [0.15, 0.2) is 17.3 Å². The summed E-state index contributed by atoms with van der Waals surface area (Å²) < 4.78 is 12.4. The fourth-order valence-electron chi connectivity index (χ4n) is 2.92. The molecular formula is C20H20N6O3. The molecule has 4 rings (SSSR count). The smallest absolute Gasteiger partial charge is 0.261 e. The highest BCUT2D eigenvalue weighted by atomic mass is 16.5. The number of hydrogen-bond donors (Lipinski definition) is 1. The molecular weight excluding hydrogens is 372 g/mol. The standard InChI is InChI=1S/C20H20N6O3/c1-12(2)17-22-20(29-25-17)14-8-6-10-26-16(23-24-18(14)26)11-21-19(27)13-7-4-5-9-15(13)28-3/h4-10,12H,11H2,1-3H3,(H,21,27). The summed E-state index contributed by atoms with van der Waals surface area (Å²) in [5, 5.41) is 15.3. The van der Waals surface area contributed by atoms with Crippen molar-refractivity contribution in [1.82, 2.24) is 30.1 Å². The molecule has 0 radical (unpaired) electrons. The highest BCUT2D eigenvalue weighted by Gasteiger charge is 2.18. The summed E-state index contributed by atoms with van der Waals surface area (Å²) >= 11 is 0. The number of hydrogen-bond acceptors (Lipinski definition) is 7. The van der Waals surface area contributed by atoms with E-state index in [4.69, 9.17) is 9.26 Å². The zero-order valence-corrected chi connectivity index (χ0v) is 16.3. The Balaban J connectivity index is 1.59. The molecule has 9 nitrogen and oxygen atoms in total. The van der Waals surface area contributed by atoms with Crippen molar-refractivity contribution >= 4 is 11.6 Å². The van der Waals surface area contributed by atoms with E-state index in [-0.39, 0.29) is 18.4 Å². The normalized spacial score (nSPS) is 11.2. The van der Waals surface area contributed by atoms with E-state index in [1.165, 1.54) is 7.11 Å². The second-order valence-electron chi connectivity index (χ2n) is 6.73. The molecule has 9 heteroatoms. The van der Waals surface area contributed by atoms with Crippen LogP contribution in [0.15, 0.2) is 47.1 Å². The van der Waals surface area contributed by atoms with E-state index in [9.17, 15) is 4.79 Å². The second kappa shape index (κ2) is 7.70. The van der Waals surface area contributed by atoms with Gasteiger partial charge in [0.1, 0.15) is 5.75 Å². The van der Waals surface area contributed by atoms with Gasteiger partial charge in [-0.15, -0.1) is 10.2 Å². The van der Waals surface area contributed by atoms with Gasteiger partial charge in [-0.1, -0.05) is 31.1 Å². The molecule has 1 amide bonds. The van der Waals surface area contributed by atoms with Crippen molar-refractivity contribution in [3.63, 3.8) is 0 Å². The molecule has 0 aliphatic carbocycles. The van der Waals surface area contributed by atoms with E-state index in [0.29, 0.717) is 40.1 Å². The molecule has 3 aromatic heterocycles. The second-order valence-corrected chi connectivity index (χ2v) is 6.73. The molecule has 0 spiro atoms. The fourth-order valence-corrected chi connectivity index (χ4v) is 2.92. The van der Waals surface area contributed by atoms with E-state index in [1.807, 2.05) is 38.2 Å². The van der Waals surface area contributed by atoms with Crippen LogP contribution in [0.3, 0.4) is 0 Å². The highest BCUT2D eigenvalue weighted by molar-refractivity contribution is 5.96. The Labute approximate surface area is 166 Å². The summed E-state index contributed by atoms with van der Waals surface area (Å²) in [6.45, 7) is 4.19. The topological polar surface area (TPSA) is 107 Å². The van der Waals surface area contributed by atoms with Crippen molar-refractivity contribution in [3.05, 3.63) is 59.8 Å². The van der Waals surface area contributed by atoms with Crippen LogP contribution in [0.2, 0.25) is 0 Å². The first-order chi connectivity index (χ1) is 14.1. The minimum Gasteiger partial charge on any atom is -0.496 e. The number of carbonyl (C=O) groups is 1. The molecule has 4 aromatic rings. The number of amides is 1. The van der Waals surface area contributed by atoms with Crippen molar-refractivity contribution in [2.45, 2.75) is 26.3 Å². The Bertz CT molecular complexity index is 1160. The summed E-state index contributed by atoms with van der Waals surface area (Å²) in [7, 11) is 1.53. The zero-order valence-electron chi connectivity index (χ0n) is 16.3. The van der Waals surface area contributed by atoms with Gasteiger partial charge in [0.2, 0.25) is 0 Å². The van der Waals surface area contributed by atoms with Crippen LogP contribution in [0, 0.1) is 0 Å². The molecule has 0 bridgehead atoms.